The molecule has 1 aliphatic rings. The van der Waals surface area contributed by atoms with E-state index in [1.165, 1.54) is 17.4 Å². The molecule has 1 aromatic carbocycles. The van der Waals surface area contributed by atoms with Crippen LogP contribution in [-0.4, -0.2) is 33.4 Å². The van der Waals surface area contributed by atoms with Gasteiger partial charge in [0, 0.05) is 17.0 Å². The van der Waals surface area contributed by atoms with E-state index in [0.29, 0.717) is 15.8 Å². The zero-order valence-electron chi connectivity index (χ0n) is 15.7. The maximum atomic E-state index is 12.9. The first-order valence-corrected chi connectivity index (χ1v) is 10.4. The Labute approximate surface area is 171 Å². The molecule has 29 heavy (non-hydrogen) atoms. The third kappa shape index (κ3) is 3.51. The fourth-order valence-electron chi connectivity index (χ4n) is 3.92. The van der Waals surface area contributed by atoms with Gasteiger partial charge >= 0.3 is 6.03 Å². The molecule has 0 bridgehead atoms. The average molecular weight is 411 g/mol. The summed E-state index contributed by atoms with van der Waals surface area (Å²) in [6, 6.07) is 7.26. The molecule has 0 unspecified atom stereocenters. The first kappa shape index (κ1) is 19.2. The molecule has 8 heteroatoms. The van der Waals surface area contributed by atoms with Crippen LogP contribution in [0.2, 0.25) is 0 Å². The molecule has 1 aliphatic carbocycles. The molecule has 2 aromatic heterocycles. The molecule has 4 N–H and O–H groups in total. The lowest BCUT2D eigenvalue weighted by Gasteiger charge is -2.22. The topological polar surface area (TPSA) is 114 Å². The van der Waals surface area contributed by atoms with Crippen molar-refractivity contribution in [2.45, 2.75) is 38.1 Å². The predicted octanol–water partition coefficient (Wildman–Crippen LogP) is 3.63. The number of aromatic hydroxyl groups is 1. The molecule has 2 amide bonds. The predicted molar refractivity (Wildman–Crippen MR) is 111 cm³/mol. The Morgan fingerprint density at radius 2 is 1.90 bits per heavy atom. The molecule has 2 heterocycles. The number of benzene rings is 1. The second-order valence-corrected chi connectivity index (χ2v) is 8.17. The van der Waals surface area contributed by atoms with E-state index in [2.05, 4.69) is 5.32 Å². The molecule has 1 fully saturated rings. The van der Waals surface area contributed by atoms with Gasteiger partial charge in [-0.15, -0.1) is 11.3 Å². The van der Waals surface area contributed by atoms with E-state index in [1.807, 2.05) is 0 Å². The van der Waals surface area contributed by atoms with Gasteiger partial charge in [0.05, 0.1) is 10.4 Å². The summed E-state index contributed by atoms with van der Waals surface area (Å²) in [6.07, 6.45) is 5.03. The number of aromatic nitrogens is 1. The molecule has 0 atom stereocenters. The fourth-order valence-corrected chi connectivity index (χ4v) is 4.60. The third-order valence-corrected chi connectivity index (χ3v) is 6.21. The average Bonchev–Trinajstić information content (AvgIpc) is 3.33. The number of ketones is 1. The summed E-state index contributed by atoms with van der Waals surface area (Å²) in [5.41, 5.74) is 6.02. The molecule has 3 aromatic rings. The van der Waals surface area contributed by atoms with Crippen molar-refractivity contribution in [3.63, 3.8) is 0 Å². The number of primary amides is 1. The lowest BCUT2D eigenvalue weighted by molar-refractivity contribution is 0.0926. The lowest BCUT2D eigenvalue weighted by atomic mass is 9.95. The highest BCUT2D eigenvalue weighted by Gasteiger charge is 2.27. The summed E-state index contributed by atoms with van der Waals surface area (Å²) in [5, 5.41) is 15.7. The summed E-state index contributed by atoms with van der Waals surface area (Å²) in [6.45, 7) is 0. The van der Waals surface area contributed by atoms with E-state index < -0.39 is 17.8 Å². The van der Waals surface area contributed by atoms with Gasteiger partial charge in [0.25, 0.3) is 5.91 Å². The van der Waals surface area contributed by atoms with Gasteiger partial charge in [0.1, 0.15) is 5.56 Å². The number of carbonyl (C=O) groups is 3. The molecule has 0 spiro atoms. The van der Waals surface area contributed by atoms with E-state index in [9.17, 15) is 19.5 Å². The Morgan fingerprint density at radius 3 is 2.55 bits per heavy atom. The summed E-state index contributed by atoms with van der Waals surface area (Å²) < 4.78 is 0.871. The number of nitrogens with one attached hydrogen (secondary N) is 1. The number of thiophene rings is 1. The molecule has 1 saturated carbocycles. The number of carbonyl (C=O) groups excluding carboxylic acids is 3. The maximum Gasteiger partial charge on any atom is 0.326 e. The number of amides is 2. The van der Waals surface area contributed by atoms with E-state index in [0.717, 1.165) is 36.7 Å². The Morgan fingerprint density at radius 1 is 1.14 bits per heavy atom. The van der Waals surface area contributed by atoms with E-state index in [1.54, 1.807) is 29.6 Å². The van der Waals surface area contributed by atoms with E-state index >= 15 is 0 Å². The summed E-state index contributed by atoms with van der Waals surface area (Å²) in [7, 11) is 0. The van der Waals surface area contributed by atoms with Gasteiger partial charge in [0.2, 0.25) is 11.7 Å². The molecule has 0 saturated heterocycles. The van der Waals surface area contributed by atoms with Crippen LogP contribution in [0.3, 0.4) is 0 Å². The molecule has 7 nitrogen and oxygen atoms in total. The Bertz CT molecular complexity index is 1100. The second kappa shape index (κ2) is 7.71. The van der Waals surface area contributed by atoms with Crippen molar-refractivity contribution in [2.75, 3.05) is 0 Å². The summed E-state index contributed by atoms with van der Waals surface area (Å²) in [5.74, 6) is -1.16. The normalized spacial score (nSPS) is 14.8. The number of hydrogen-bond acceptors (Lipinski definition) is 5. The van der Waals surface area contributed by atoms with Gasteiger partial charge in [-0.2, -0.15) is 0 Å². The first-order chi connectivity index (χ1) is 14.0. The largest absolute Gasteiger partial charge is 0.494 e. The van der Waals surface area contributed by atoms with Crippen molar-refractivity contribution in [3.8, 4) is 5.88 Å². The molecule has 150 valence electrons. The zero-order valence-corrected chi connectivity index (χ0v) is 16.5. The van der Waals surface area contributed by atoms with E-state index in [4.69, 9.17) is 5.73 Å². The second-order valence-electron chi connectivity index (χ2n) is 7.22. The Balaban J connectivity index is 1.77. The number of nitrogens with zero attached hydrogens (tertiary/aromatic N) is 1. The fraction of sp³-hybridized carbons (Fsp3) is 0.286. The van der Waals surface area contributed by atoms with Crippen molar-refractivity contribution in [3.05, 3.63) is 51.7 Å². The van der Waals surface area contributed by atoms with Crippen molar-refractivity contribution in [1.82, 2.24) is 9.88 Å². The van der Waals surface area contributed by atoms with Gasteiger partial charge in [0.15, 0.2) is 0 Å². The summed E-state index contributed by atoms with van der Waals surface area (Å²) in [4.78, 5) is 38.1. The van der Waals surface area contributed by atoms with Gasteiger partial charge in [-0.25, -0.2) is 9.36 Å². The highest BCUT2D eigenvalue weighted by molar-refractivity contribution is 7.12. The van der Waals surface area contributed by atoms with Crippen LogP contribution in [0.4, 0.5) is 4.79 Å². The van der Waals surface area contributed by atoms with Crippen molar-refractivity contribution >= 4 is 40.0 Å². The van der Waals surface area contributed by atoms with Crippen LogP contribution in [0.25, 0.3) is 10.9 Å². The minimum Gasteiger partial charge on any atom is -0.494 e. The van der Waals surface area contributed by atoms with Crippen molar-refractivity contribution in [2.24, 2.45) is 5.73 Å². The minimum absolute atomic E-state index is 0.000467. The molecule has 0 aliphatic heterocycles. The standard InChI is InChI=1S/C21H21N3O4S/c22-21(28)24-15-11-12(18(25)16-7-4-10-29-16)8-9-14(15)17(20(24)27)19(26)23-13-5-2-1-3-6-13/h4,7-11,13,27H,1-3,5-6H2,(H2,22,28)(H,23,26). The molecular formula is C21H21N3O4S. The number of rotatable bonds is 4. The smallest absolute Gasteiger partial charge is 0.326 e. The van der Waals surface area contributed by atoms with Crippen LogP contribution >= 0.6 is 11.3 Å². The molecule has 4 rings (SSSR count). The Kier molecular flexibility index (Phi) is 5.10. The van der Waals surface area contributed by atoms with Gasteiger partial charge in [-0.1, -0.05) is 37.5 Å². The van der Waals surface area contributed by atoms with Crippen LogP contribution in [0.15, 0.2) is 35.7 Å². The number of hydrogen-bond donors (Lipinski definition) is 3. The Hall–Kier alpha value is -3.13. The van der Waals surface area contributed by atoms with Gasteiger partial charge < -0.3 is 16.2 Å². The van der Waals surface area contributed by atoms with E-state index in [-0.39, 0.29) is 22.9 Å². The lowest BCUT2D eigenvalue weighted by Crippen LogP contribution is -2.36. The van der Waals surface area contributed by atoms with Gasteiger partial charge in [-0.3, -0.25) is 9.59 Å². The first-order valence-electron chi connectivity index (χ1n) is 9.53. The van der Waals surface area contributed by atoms with Crippen LogP contribution in [0.1, 0.15) is 57.7 Å². The highest BCUT2D eigenvalue weighted by Crippen LogP contribution is 2.33. The van der Waals surface area contributed by atoms with Gasteiger partial charge in [-0.05, 0) is 30.4 Å². The van der Waals surface area contributed by atoms with Crippen molar-refractivity contribution < 1.29 is 19.5 Å². The number of nitrogens with two attached hydrogens (primary N) is 1. The number of fused-ring (bicyclic) bond motifs is 1. The van der Waals surface area contributed by atoms with Crippen LogP contribution in [0, 0.1) is 0 Å². The van der Waals surface area contributed by atoms with Crippen molar-refractivity contribution in [1.29, 1.82) is 0 Å². The quantitative estimate of drug-likeness (QED) is 0.569. The van der Waals surface area contributed by atoms with Crippen LogP contribution < -0.4 is 11.1 Å². The highest BCUT2D eigenvalue weighted by atomic mass is 32.1. The van der Waals surface area contributed by atoms with Crippen LogP contribution in [-0.2, 0) is 0 Å². The third-order valence-electron chi connectivity index (χ3n) is 5.34. The zero-order chi connectivity index (χ0) is 20.5. The SMILES string of the molecule is NC(=O)n1c(O)c(C(=O)NC2CCCCC2)c2ccc(C(=O)c3cccs3)cc21. The molecule has 0 radical (unpaired) electrons. The monoisotopic (exact) mass is 411 g/mol. The molecular weight excluding hydrogens is 390 g/mol. The maximum absolute atomic E-state index is 12.9. The minimum atomic E-state index is -0.926. The summed E-state index contributed by atoms with van der Waals surface area (Å²) >= 11 is 1.31. The van der Waals surface area contributed by atoms with Crippen LogP contribution in [0.5, 0.6) is 5.88 Å².